The molecule has 5 nitrogen and oxygen atoms in total. The monoisotopic (exact) mass is 360 g/mol. The molecule has 1 aromatic heterocycles. The zero-order valence-electron chi connectivity index (χ0n) is 12.4. The molecule has 0 aliphatic rings. The summed E-state index contributed by atoms with van der Waals surface area (Å²) < 4.78 is 39.1. The van der Waals surface area contributed by atoms with Crippen LogP contribution in [0.1, 0.15) is 27.0 Å². The van der Waals surface area contributed by atoms with Crippen LogP contribution in [0.3, 0.4) is 0 Å². The maximum Gasteiger partial charge on any atom is 0.418 e. The molecule has 0 saturated carbocycles. The molecule has 0 unspecified atom stereocenters. The smallest absolute Gasteiger partial charge is 0.418 e. The molecule has 0 bridgehead atoms. The molecule has 0 spiro atoms. The largest absolute Gasteiger partial charge is 0.478 e. The van der Waals surface area contributed by atoms with E-state index in [1.54, 1.807) is 6.07 Å². The number of rotatable bonds is 4. The molecule has 1 aromatic carbocycles. The first-order chi connectivity index (χ1) is 11.1. The first-order valence-corrected chi connectivity index (χ1v) is 7.14. The lowest BCUT2D eigenvalue weighted by Gasteiger charge is -2.12. The van der Waals surface area contributed by atoms with E-state index < -0.39 is 28.8 Å². The SMILES string of the molecule is Cc1c(C(F)(F)F)cnn(CCc2ccc(Cl)c(C(=O)O)c2)c1=O. The second-order valence-corrected chi connectivity index (χ2v) is 5.49. The topological polar surface area (TPSA) is 72.2 Å². The van der Waals surface area contributed by atoms with E-state index in [9.17, 15) is 22.8 Å². The molecule has 0 atom stereocenters. The van der Waals surface area contributed by atoms with Gasteiger partial charge in [-0.3, -0.25) is 4.79 Å². The maximum absolute atomic E-state index is 12.7. The van der Waals surface area contributed by atoms with E-state index in [-0.39, 0.29) is 23.6 Å². The van der Waals surface area contributed by atoms with Gasteiger partial charge in [0, 0.05) is 12.1 Å². The highest BCUT2D eigenvalue weighted by molar-refractivity contribution is 6.33. The second kappa shape index (κ2) is 6.64. The standard InChI is InChI=1S/C15H12ClF3N2O3/c1-8-11(15(17,18)19)7-20-21(13(8)22)5-4-9-2-3-12(16)10(6-9)14(23)24/h2-3,6-7H,4-5H2,1H3,(H,23,24). The molecular formula is C15H12ClF3N2O3. The normalized spacial score (nSPS) is 11.5. The molecule has 2 rings (SSSR count). The van der Waals surface area contributed by atoms with E-state index in [0.717, 1.165) is 11.6 Å². The van der Waals surface area contributed by atoms with E-state index in [4.69, 9.17) is 16.7 Å². The van der Waals surface area contributed by atoms with Crippen LogP contribution in [0.15, 0.2) is 29.2 Å². The first-order valence-electron chi connectivity index (χ1n) is 6.77. The Hall–Kier alpha value is -2.35. The van der Waals surface area contributed by atoms with Crippen LogP contribution in [0.25, 0.3) is 0 Å². The summed E-state index contributed by atoms with van der Waals surface area (Å²) >= 11 is 5.76. The average Bonchev–Trinajstić information content (AvgIpc) is 2.48. The quantitative estimate of drug-likeness (QED) is 0.909. The van der Waals surface area contributed by atoms with Crippen LogP contribution in [0.2, 0.25) is 5.02 Å². The summed E-state index contributed by atoms with van der Waals surface area (Å²) in [5.41, 5.74) is -1.85. The van der Waals surface area contributed by atoms with Gasteiger partial charge in [0.25, 0.3) is 5.56 Å². The van der Waals surface area contributed by atoms with Crippen molar-refractivity contribution in [1.82, 2.24) is 9.78 Å². The molecule has 0 amide bonds. The minimum absolute atomic E-state index is 0.0124. The number of alkyl halides is 3. The molecule has 2 aromatic rings. The van der Waals surface area contributed by atoms with Gasteiger partial charge in [-0.2, -0.15) is 18.3 Å². The first kappa shape index (κ1) is 18.0. The van der Waals surface area contributed by atoms with Gasteiger partial charge in [-0.1, -0.05) is 17.7 Å². The van der Waals surface area contributed by atoms with E-state index in [1.165, 1.54) is 12.1 Å². The van der Waals surface area contributed by atoms with Crippen molar-refractivity contribution in [1.29, 1.82) is 0 Å². The Morgan fingerprint density at radius 1 is 1.38 bits per heavy atom. The second-order valence-electron chi connectivity index (χ2n) is 5.08. The van der Waals surface area contributed by atoms with E-state index in [0.29, 0.717) is 11.8 Å². The van der Waals surface area contributed by atoms with Gasteiger partial charge in [0.1, 0.15) is 0 Å². The van der Waals surface area contributed by atoms with Gasteiger partial charge in [0.15, 0.2) is 0 Å². The van der Waals surface area contributed by atoms with Gasteiger partial charge in [-0.15, -0.1) is 0 Å². The summed E-state index contributed by atoms with van der Waals surface area (Å²) in [5.74, 6) is -1.19. The highest BCUT2D eigenvalue weighted by Gasteiger charge is 2.34. The Morgan fingerprint density at radius 3 is 2.62 bits per heavy atom. The fourth-order valence-electron chi connectivity index (χ4n) is 2.16. The van der Waals surface area contributed by atoms with Crippen LogP contribution in [0, 0.1) is 6.92 Å². The van der Waals surface area contributed by atoms with Crippen LogP contribution < -0.4 is 5.56 Å². The summed E-state index contributed by atoms with van der Waals surface area (Å²) in [4.78, 5) is 23.0. The Balaban J connectivity index is 2.25. The van der Waals surface area contributed by atoms with Crippen molar-refractivity contribution in [2.24, 2.45) is 0 Å². The number of nitrogens with zero attached hydrogens (tertiary/aromatic N) is 2. The number of carboxylic acid groups (broad SMARTS) is 1. The van der Waals surface area contributed by atoms with Crippen molar-refractivity contribution in [3.8, 4) is 0 Å². The highest BCUT2D eigenvalue weighted by atomic mass is 35.5. The van der Waals surface area contributed by atoms with Crippen molar-refractivity contribution in [3.63, 3.8) is 0 Å². The summed E-state index contributed by atoms with van der Waals surface area (Å²) in [5, 5.41) is 12.6. The molecule has 1 N–H and O–H groups in total. The fourth-order valence-corrected chi connectivity index (χ4v) is 2.36. The lowest BCUT2D eigenvalue weighted by molar-refractivity contribution is -0.138. The van der Waals surface area contributed by atoms with Crippen LogP contribution in [0.4, 0.5) is 13.2 Å². The molecule has 0 saturated heterocycles. The molecule has 0 aliphatic carbocycles. The van der Waals surface area contributed by atoms with Crippen molar-refractivity contribution in [3.05, 3.63) is 62.0 Å². The van der Waals surface area contributed by atoms with Crippen LogP contribution >= 0.6 is 11.6 Å². The predicted octanol–water partition coefficient (Wildman–Crippen LogP) is 3.16. The Labute approximate surface area is 139 Å². The summed E-state index contributed by atoms with van der Waals surface area (Å²) in [6, 6.07) is 4.35. The summed E-state index contributed by atoms with van der Waals surface area (Å²) in [7, 11) is 0. The van der Waals surface area contributed by atoms with E-state index in [2.05, 4.69) is 5.10 Å². The fraction of sp³-hybridized carbons (Fsp3) is 0.267. The molecule has 128 valence electrons. The van der Waals surface area contributed by atoms with E-state index >= 15 is 0 Å². The minimum atomic E-state index is -4.64. The number of aryl methyl sites for hydroxylation is 2. The van der Waals surface area contributed by atoms with Crippen molar-refractivity contribution in [2.75, 3.05) is 0 Å². The molecule has 24 heavy (non-hydrogen) atoms. The van der Waals surface area contributed by atoms with Gasteiger partial charge >= 0.3 is 12.1 Å². The zero-order chi connectivity index (χ0) is 18.1. The average molecular weight is 361 g/mol. The third kappa shape index (κ3) is 3.76. The molecule has 9 heteroatoms. The van der Waals surface area contributed by atoms with Gasteiger partial charge < -0.3 is 5.11 Å². The number of carbonyl (C=O) groups is 1. The van der Waals surface area contributed by atoms with Gasteiger partial charge in [0.2, 0.25) is 0 Å². The molecule has 0 fully saturated rings. The molecule has 0 aliphatic heterocycles. The minimum Gasteiger partial charge on any atom is -0.478 e. The Morgan fingerprint density at radius 2 is 2.04 bits per heavy atom. The maximum atomic E-state index is 12.7. The molecular weight excluding hydrogens is 349 g/mol. The van der Waals surface area contributed by atoms with Crippen LogP contribution in [-0.2, 0) is 19.1 Å². The van der Waals surface area contributed by atoms with Crippen LogP contribution in [-0.4, -0.2) is 20.9 Å². The Kier molecular flexibility index (Phi) is 4.98. The highest BCUT2D eigenvalue weighted by Crippen LogP contribution is 2.29. The zero-order valence-corrected chi connectivity index (χ0v) is 13.1. The van der Waals surface area contributed by atoms with Gasteiger partial charge in [-0.05, 0) is 31.0 Å². The van der Waals surface area contributed by atoms with Gasteiger partial charge in [0.05, 0.1) is 22.3 Å². The van der Waals surface area contributed by atoms with Crippen molar-refractivity contribution in [2.45, 2.75) is 26.1 Å². The summed E-state index contributed by atoms with van der Waals surface area (Å²) in [6.07, 6.45) is -3.81. The number of hydrogen-bond donors (Lipinski definition) is 1. The third-order valence-corrected chi connectivity index (χ3v) is 3.79. The van der Waals surface area contributed by atoms with Crippen LogP contribution in [0.5, 0.6) is 0 Å². The lowest BCUT2D eigenvalue weighted by Crippen LogP contribution is -2.29. The number of hydrogen-bond acceptors (Lipinski definition) is 3. The predicted molar refractivity (Wildman–Crippen MR) is 80.4 cm³/mol. The third-order valence-electron chi connectivity index (χ3n) is 3.46. The summed E-state index contributed by atoms with van der Waals surface area (Å²) in [6.45, 7) is 1.10. The lowest BCUT2D eigenvalue weighted by atomic mass is 10.1. The molecule has 0 radical (unpaired) electrons. The number of aromatic carboxylic acids is 1. The van der Waals surface area contributed by atoms with E-state index in [1.807, 2.05) is 0 Å². The number of halogens is 4. The van der Waals surface area contributed by atoms with Crippen molar-refractivity contribution >= 4 is 17.6 Å². The Bertz CT molecular complexity index is 847. The van der Waals surface area contributed by atoms with Gasteiger partial charge in [-0.25, -0.2) is 9.48 Å². The number of aromatic nitrogens is 2. The number of benzene rings is 1. The molecule has 1 heterocycles. The number of carboxylic acids is 1. The van der Waals surface area contributed by atoms with Crippen molar-refractivity contribution < 1.29 is 23.1 Å².